The third kappa shape index (κ3) is 5.00. The van der Waals surface area contributed by atoms with Gasteiger partial charge in [0.2, 0.25) is 10.0 Å². The number of esters is 1. The fraction of sp³-hybridized carbons (Fsp3) is 0.190. The smallest absolute Gasteiger partial charge is 0.321 e. The van der Waals surface area contributed by atoms with Crippen molar-refractivity contribution in [2.24, 2.45) is 0 Å². The van der Waals surface area contributed by atoms with Crippen molar-refractivity contribution in [2.75, 3.05) is 13.6 Å². The van der Waals surface area contributed by atoms with Crippen LogP contribution in [0.4, 0.5) is 0 Å². The first-order valence-corrected chi connectivity index (χ1v) is 10.5. The molecule has 2 aromatic carbocycles. The largest absolute Gasteiger partial charge is 0.456 e. The lowest BCUT2D eigenvalue weighted by molar-refractivity contribution is -0.145. The van der Waals surface area contributed by atoms with E-state index in [1.807, 2.05) is 30.3 Å². The summed E-state index contributed by atoms with van der Waals surface area (Å²) in [6.45, 7) is 0.749. The number of rotatable bonds is 8. The summed E-state index contributed by atoms with van der Waals surface area (Å²) < 4.78 is 36.3. The van der Waals surface area contributed by atoms with Crippen molar-refractivity contribution in [1.29, 1.82) is 0 Å². The minimum absolute atomic E-state index is 0.0227. The lowest BCUT2D eigenvalue weighted by Gasteiger charge is -2.16. The van der Waals surface area contributed by atoms with Crippen LogP contribution >= 0.6 is 0 Å². The molecule has 3 aromatic rings. The summed E-state index contributed by atoms with van der Waals surface area (Å²) in [6, 6.07) is 16.5. The van der Waals surface area contributed by atoms with Crippen LogP contribution < -0.4 is 0 Å². The van der Waals surface area contributed by atoms with Gasteiger partial charge in [0.05, 0.1) is 4.90 Å². The second-order valence-corrected chi connectivity index (χ2v) is 8.59. The monoisotopic (exact) mass is 428 g/mol. The maximum Gasteiger partial charge on any atom is 0.321 e. The van der Waals surface area contributed by atoms with Gasteiger partial charge in [-0.05, 0) is 19.1 Å². The lowest BCUT2D eigenvalue weighted by Crippen LogP contribution is -2.33. The Morgan fingerprint density at radius 2 is 1.73 bits per heavy atom. The zero-order valence-electron chi connectivity index (χ0n) is 16.4. The Balaban J connectivity index is 1.58. The number of likely N-dealkylation sites (N-methyl/N-ethyl adjacent to an activating group) is 1. The van der Waals surface area contributed by atoms with Crippen LogP contribution in [-0.4, -0.2) is 43.2 Å². The molecule has 0 saturated heterocycles. The van der Waals surface area contributed by atoms with Gasteiger partial charge in [-0.2, -0.15) is 4.31 Å². The molecule has 1 heterocycles. The predicted octanol–water partition coefficient (Wildman–Crippen LogP) is 2.91. The number of carbonyl (C=O) groups is 2. The third-order valence-corrected chi connectivity index (χ3v) is 6.14. The molecule has 0 aliphatic rings. The van der Waals surface area contributed by atoms with Gasteiger partial charge in [0.25, 0.3) is 0 Å². The van der Waals surface area contributed by atoms with Crippen LogP contribution in [0.1, 0.15) is 23.0 Å². The van der Waals surface area contributed by atoms with Crippen molar-refractivity contribution in [2.45, 2.75) is 18.4 Å². The van der Waals surface area contributed by atoms with Crippen LogP contribution in [0.3, 0.4) is 0 Å². The molecular weight excluding hydrogens is 408 g/mol. The Labute approximate surface area is 174 Å². The van der Waals surface area contributed by atoms with Gasteiger partial charge in [-0.1, -0.05) is 47.6 Å². The summed E-state index contributed by atoms with van der Waals surface area (Å²) in [7, 11) is -2.63. The molecule has 0 atom stereocenters. The Bertz CT molecular complexity index is 1140. The highest BCUT2D eigenvalue weighted by molar-refractivity contribution is 7.89. The van der Waals surface area contributed by atoms with E-state index in [0.29, 0.717) is 17.0 Å². The molecule has 0 aliphatic carbocycles. The van der Waals surface area contributed by atoms with Gasteiger partial charge in [-0.15, -0.1) is 0 Å². The minimum Gasteiger partial charge on any atom is -0.456 e. The van der Waals surface area contributed by atoms with Crippen LogP contribution in [0.5, 0.6) is 0 Å². The SMILES string of the molecule is CC(=O)c1ccc(S(=O)(=O)N(C)CC(=O)OCc2cc(-c3ccccc3)no2)cc1. The van der Waals surface area contributed by atoms with Crippen molar-refractivity contribution in [3.63, 3.8) is 0 Å². The number of aromatic nitrogens is 1. The molecule has 9 heteroatoms. The number of hydrogen-bond acceptors (Lipinski definition) is 7. The molecule has 1 aromatic heterocycles. The molecule has 0 N–H and O–H groups in total. The number of carbonyl (C=O) groups excluding carboxylic acids is 2. The van der Waals surface area contributed by atoms with Crippen molar-refractivity contribution >= 4 is 21.8 Å². The van der Waals surface area contributed by atoms with Gasteiger partial charge in [0.1, 0.15) is 12.2 Å². The van der Waals surface area contributed by atoms with Gasteiger partial charge < -0.3 is 9.26 Å². The fourth-order valence-electron chi connectivity index (χ4n) is 2.63. The number of Topliss-reactive ketones (excluding diaryl/α,β-unsaturated/α-hetero) is 1. The fourth-order valence-corrected chi connectivity index (χ4v) is 3.75. The summed E-state index contributed by atoms with van der Waals surface area (Å²) in [5.41, 5.74) is 1.87. The molecule has 0 fully saturated rings. The van der Waals surface area contributed by atoms with Crippen molar-refractivity contribution in [3.05, 3.63) is 72.0 Å². The first-order chi connectivity index (χ1) is 14.3. The van der Waals surface area contributed by atoms with Gasteiger partial charge in [-0.25, -0.2) is 8.42 Å². The van der Waals surface area contributed by atoms with E-state index in [1.165, 1.54) is 38.2 Å². The predicted molar refractivity (Wildman–Crippen MR) is 108 cm³/mol. The Morgan fingerprint density at radius 3 is 2.37 bits per heavy atom. The summed E-state index contributed by atoms with van der Waals surface area (Å²) >= 11 is 0. The lowest BCUT2D eigenvalue weighted by atomic mass is 10.1. The van der Waals surface area contributed by atoms with Crippen LogP contribution in [0, 0.1) is 0 Å². The number of ketones is 1. The van der Waals surface area contributed by atoms with Crippen LogP contribution in [0.15, 0.2) is 70.1 Å². The number of hydrogen-bond donors (Lipinski definition) is 0. The summed E-state index contributed by atoms with van der Waals surface area (Å²) in [6.07, 6.45) is 0. The van der Waals surface area contributed by atoms with E-state index in [2.05, 4.69) is 5.16 Å². The molecule has 30 heavy (non-hydrogen) atoms. The van der Waals surface area contributed by atoms with Gasteiger partial charge in [-0.3, -0.25) is 9.59 Å². The van der Waals surface area contributed by atoms with E-state index >= 15 is 0 Å². The maximum atomic E-state index is 12.6. The quantitative estimate of drug-likeness (QED) is 0.401. The topological polar surface area (TPSA) is 107 Å². The average Bonchev–Trinajstić information content (AvgIpc) is 3.22. The van der Waals surface area contributed by atoms with Gasteiger partial charge in [0.15, 0.2) is 18.2 Å². The van der Waals surface area contributed by atoms with E-state index in [0.717, 1.165) is 9.87 Å². The molecule has 3 rings (SSSR count). The molecule has 0 amide bonds. The summed E-state index contributed by atoms with van der Waals surface area (Å²) in [5, 5.41) is 3.93. The van der Waals surface area contributed by atoms with Crippen molar-refractivity contribution < 1.29 is 27.3 Å². The highest BCUT2D eigenvalue weighted by Crippen LogP contribution is 2.19. The van der Waals surface area contributed by atoms with Crippen LogP contribution in [0.2, 0.25) is 0 Å². The molecular formula is C21H20N2O6S. The number of benzene rings is 2. The third-order valence-electron chi connectivity index (χ3n) is 4.32. The standard InChI is InChI=1S/C21H20N2O6S/c1-15(24)16-8-10-19(11-9-16)30(26,27)23(2)13-21(25)28-14-18-12-20(22-29-18)17-6-4-3-5-7-17/h3-12H,13-14H2,1-2H3. The highest BCUT2D eigenvalue weighted by atomic mass is 32.2. The van der Waals surface area contributed by atoms with Crippen LogP contribution in [0.25, 0.3) is 11.3 Å². The Kier molecular flexibility index (Phi) is 6.43. The molecule has 0 radical (unpaired) electrons. The molecule has 0 aliphatic heterocycles. The molecule has 0 unspecified atom stereocenters. The molecule has 0 saturated carbocycles. The molecule has 8 nitrogen and oxygen atoms in total. The van der Waals surface area contributed by atoms with E-state index in [9.17, 15) is 18.0 Å². The normalized spacial score (nSPS) is 11.4. The first-order valence-electron chi connectivity index (χ1n) is 9.01. The van der Waals surface area contributed by atoms with Gasteiger partial charge >= 0.3 is 5.97 Å². The second kappa shape index (κ2) is 9.02. The van der Waals surface area contributed by atoms with Crippen molar-refractivity contribution in [1.82, 2.24) is 9.46 Å². The van der Waals surface area contributed by atoms with E-state index in [-0.39, 0.29) is 17.3 Å². The minimum atomic E-state index is -3.91. The zero-order valence-corrected chi connectivity index (χ0v) is 17.3. The van der Waals surface area contributed by atoms with E-state index in [1.54, 1.807) is 6.07 Å². The van der Waals surface area contributed by atoms with Gasteiger partial charge in [0, 0.05) is 24.2 Å². The first kappa shape index (κ1) is 21.4. The summed E-state index contributed by atoms with van der Waals surface area (Å²) in [4.78, 5) is 23.4. The molecule has 156 valence electrons. The maximum absolute atomic E-state index is 12.6. The zero-order chi connectivity index (χ0) is 21.7. The van der Waals surface area contributed by atoms with E-state index < -0.39 is 22.5 Å². The van der Waals surface area contributed by atoms with E-state index in [4.69, 9.17) is 9.26 Å². The highest BCUT2D eigenvalue weighted by Gasteiger charge is 2.24. The van der Waals surface area contributed by atoms with Crippen molar-refractivity contribution in [3.8, 4) is 11.3 Å². The molecule has 0 spiro atoms. The number of sulfonamides is 1. The number of nitrogens with zero attached hydrogens (tertiary/aromatic N) is 2. The Hall–Kier alpha value is -3.30. The molecule has 0 bridgehead atoms. The number of ether oxygens (including phenoxy) is 1. The second-order valence-electron chi connectivity index (χ2n) is 6.55. The Morgan fingerprint density at radius 1 is 1.07 bits per heavy atom. The summed E-state index contributed by atoms with van der Waals surface area (Å²) in [5.74, 6) is -0.564. The average molecular weight is 428 g/mol. The van der Waals surface area contributed by atoms with Crippen LogP contribution in [-0.2, 0) is 26.2 Å².